The Hall–Kier alpha value is -2.46. The van der Waals surface area contributed by atoms with E-state index in [0.717, 1.165) is 0 Å². The quantitative estimate of drug-likeness (QED) is 0.522. The Balaban J connectivity index is 3.01. The number of allylic oxidation sites excluding steroid dienone is 1. The molecular weight excluding hydrogens is 178 g/mol. The standard InChI is InChI=1S/C10H5N3O/c11-6-9(7-12)5-8-1-3-10(13-14)4-2-8/h1-5H. The SMILES string of the molecule is N#CC(C#N)=Cc1ccc(N=O)cc1. The summed E-state index contributed by atoms with van der Waals surface area (Å²) in [6.07, 6.45) is 1.44. The summed E-state index contributed by atoms with van der Waals surface area (Å²) in [6, 6.07) is 9.76. The lowest BCUT2D eigenvalue weighted by Gasteiger charge is -1.92. The van der Waals surface area contributed by atoms with E-state index in [9.17, 15) is 4.91 Å². The van der Waals surface area contributed by atoms with E-state index >= 15 is 0 Å². The van der Waals surface area contributed by atoms with Crippen molar-refractivity contribution in [2.75, 3.05) is 0 Å². The van der Waals surface area contributed by atoms with Gasteiger partial charge in [-0.05, 0) is 28.9 Å². The molecule has 0 fully saturated rings. The highest BCUT2D eigenvalue weighted by atomic mass is 16.3. The molecule has 66 valence electrons. The second-order valence-electron chi connectivity index (χ2n) is 2.46. The van der Waals surface area contributed by atoms with Crippen LogP contribution in [0.2, 0.25) is 0 Å². The van der Waals surface area contributed by atoms with E-state index in [2.05, 4.69) is 5.18 Å². The zero-order valence-corrected chi connectivity index (χ0v) is 7.14. The molecule has 0 bridgehead atoms. The van der Waals surface area contributed by atoms with E-state index in [-0.39, 0.29) is 5.57 Å². The summed E-state index contributed by atoms with van der Waals surface area (Å²) in [5.41, 5.74) is 1.03. The van der Waals surface area contributed by atoms with Gasteiger partial charge in [-0.15, -0.1) is 4.91 Å². The first kappa shape index (κ1) is 9.63. The summed E-state index contributed by atoms with van der Waals surface area (Å²) in [4.78, 5) is 10.1. The number of hydrogen-bond donors (Lipinski definition) is 0. The van der Waals surface area contributed by atoms with Crippen LogP contribution < -0.4 is 0 Å². The van der Waals surface area contributed by atoms with Gasteiger partial charge in [-0.25, -0.2) is 0 Å². The summed E-state index contributed by atoms with van der Waals surface area (Å²) >= 11 is 0. The van der Waals surface area contributed by atoms with Crippen LogP contribution in [-0.4, -0.2) is 0 Å². The second kappa shape index (κ2) is 4.54. The lowest BCUT2D eigenvalue weighted by atomic mass is 10.1. The number of nitriles is 2. The van der Waals surface area contributed by atoms with Gasteiger partial charge >= 0.3 is 0 Å². The molecule has 0 unspecified atom stereocenters. The molecule has 0 amide bonds. The van der Waals surface area contributed by atoms with Gasteiger partial charge in [-0.2, -0.15) is 10.5 Å². The van der Waals surface area contributed by atoms with Gasteiger partial charge < -0.3 is 0 Å². The molecule has 1 rings (SSSR count). The number of benzene rings is 1. The minimum atomic E-state index is 0.0248. The Morgan fingerprint density at radius 3 is 2.21 bits per heavy atom. The highest BCUT2D eigenvalue weighted by molar-refractivity contribution is 5.63. The van der Waals surface area contributed by atoms with Gasteiger partial charge in [0.05, 0.1) is 0 Å². The van der Waals surface area contributed by atoms with Crippen LogP contribution in [0.3, 0.4) is 0 Å². The molecule has 0 N–H and O–H groups in total. The van der Waals surface area contributed by atoms with E-state index in [4.69, 9.17) is 10.5 Å². The van der Waals surface area contributed by atoms with Crippen molar-refractivity contribution in [1.82, 2.24) is 0 Å². The van der Waals surface area contributed by atoms with Gasteiger partial charge in [0.2, 0.25) is 0 Å². The Kier molecular flexibility index (Phi) is 3.12. The van der Waals surface area contributed by atoms with Gasteiger partial charge in [0.1, 0.15) is 23.4 Å². The number of hydrogen-bond acceptors (Lipinski definition) is 4. The van der Waals surface area contributed by atoms with E-state index in [1.54, 1.807) is 24.3 Å². The molecule has 0 radical (unpaired) electrons. The molecule has 0 saturated carbocycles. The zero-order valence-electron chi connectivity index (χ0n) is 7.14. The molecule has 4 heteroatoms. The van der Waals surface area contributed by atoms with Crippen LogP contribution in [0, 0.1) is 27.6 Å². The molecule has 0 aliphatic carbocycles. The maximum atomic E-state index is 10.1. The highest BCUT2D eigenvalue weighted by Crippen LogP contribution is 2.14. The third-order valence-corrected chi connectivity index (χ3v) is 1.55. The Morgan fingerprint density at radius 1 is 1.21 bits per heavy atom. The summed E-state index contributed by atoms with van der Waals surface area (Å²) < 4.78 is 0. The maximum Gasteiger partial charge on any atom is 0.130 e. The lowest BCUT2D eigenvalue weighted by Crippen LogP contribution is -1.74. The van der Waals surface area contributed by atoms with Crippen molar-refractivity contribution >= 4 is 11.8 Å². The van der Waals surface area contributed by atoms with Crippen LogP contribution in [-0.2, 0) is 0 Å². The molecule has 0 atom stereocenters. The van der Waals surface area contributed by atoms with E-state index in [0.29, 0.717) is 11.3 Å². The Bertz CT molecular complexity index is 430. The van der Waals surface area contributed by atoms with Crippen LogP contribution in [0.4, 0.5) is 5.69 Å². The van der Waals surface area contributed by atoms with Gasteiger partial charge in [0.25, 0.3) is 0 Å². The van der Waals surface area contributed by atoms with E-state index in [1.165, 1.54) is 18.2 Å². The summed E-state index contributed by atoms with van der Waals surface area (Å²) in [6.45, 7) is 0. The van der Waals surface area contributed by atoms with Crippen molar-refractivity contribution in [1.29, 1.82) is 10.5 Å². The van der Waals surface area contributed by atoms with Crippen LogP contribution in [0.25, 0.3) is 6.08 Å². The Labute approximate surface area is 80.7 Å². The zero-order chi connectivity index (χ0) is 10.4. The van der Waals surface area contributed by atoms with Crippen LogP contribution in [0.15, 0.2) is 35.0 Å². The number of nitrogens with zero attached hydrogens (tertiary/aromatic N) is 3. The van der Waals surface area contributed by atoms with Gasteiger partial charge in [-0.3, -0.25) is 0 Å². The summed E-state index contributed by atoms with van der Waals surface area (Å²) in [7, 11) is 0. The van der Waals surface area contributed by atoms with Crippen molar-refractivity contribution in [2.45, 2.75) is 0 Å². The first-order chi connectivity index (χ1) is 6.80. The van der Waals surface area contributed by atoms with Gasteiger partial charge in [0, 0.05) is 0 Å². The van der Waals surface area contributed by atoms with Crippen molar-refractivity contribution in [3.8, 4) is 12.1 Å². The van der Waals surface area contributed by atoms with Crippen molar-refractivity contribution in [3.63, 3.8) is 0 Å². The molecule has 1 aromatic rings. The van der Waals surface area contributed by atoms with Crippen molar-refractivity contribution in [3.05, 3.63) is 40.3 Å². The highest BCUT2D eigenvalue weighted by Gasteiger charge is 1.94. The molecular formula is C10H5N3O. The third kappa shape index (κ3) is 2.26. The van der Waals surface area contributed by atoms with Crippen molar-refractivity contribution in [2.24, 2.45) is 5.18 Å². The predicted octanol–water partition coefficient (Wildman–Crippen LogP) is 2.52. The fourth-order valence-electron chi connectivity index (χ4n) is 0.888. The van der Waals surface area contributed by atoms with Crippen molar-refractivity contribution < 1.29 is 0 Å². The minimum Gasteiger partial charge on any atom is -0.192 e. The van der Waals surface area contributed by atoms with Gasteiger partial charge in [0.15, 0.2) is 0 Å². The second-order valence-corrected chi connectivity index (χ2v) is 2.46. The maximum absolute atomic E-state index is 10.1. The van der Waals surface area contributed by atoms with Crippen LogP contribution >= 0.6 is 0 Å². The average molecular weight is 183 g/mol. The molecule has 4 nitrogen and oxygen atoms in total. The lowest BCUT2D eigenvalue weighted by molar-refractivity contribution is 1.46. The predicted molar refractivity (Wildman–Crippen MR) is 51.1 cm³/mol. The summed E-state index contributed by atoms with van der Waals surface area (Å²) in [5, 5.41) is 19.7. The van der Waals surface area contributed by atoms with E-state index < -0.39 is 0 Å². The minimum absolute atomic E-state index is 0.0248. The van der Waals surface area contributed by atoms with Crippen LogP contribution in [0.5, 0.6) is 0 Å². The molecule has 14 heavy (non-hydrogen) atoms. The molecule has 0 heterocycles. The first-order valence-electron chi connectivity index (χ1n) is 3.75. The number of rotatable bonds is 2. The van der Waals surface area contributed by atoms with Gasteiger partial charge in [-0.1, -0.05) is 12.1 Å². The fraction of sp³-hybridized carbons (Fsp3) is 0. The molecule has 0 saturated heterocycles. The average Bonchev–Trinajstić information content (AvgIpc) is 2.26. The molecule has 0 aromatic heterocycles. The normalized spacial score (nSPS) is 8.14. The third-order valence-electron chi connectivity index (χ3n) is 1.55. The summed E-state index contributed by atoms with van der Waals surface area (Å²) in [5.74, 6) is 0. The molecule has 0 aliphatic heterocycles. The smallest absolute Gasteiger partial charge is 0.130 e. The monoisotopic (exact) mass is 183 g/mol. The Morgan fingerprint density at radius 2 is 1.79 bits per heavy atom. The van der Waals surface area contributed by atoms with Crippen LogP contribution in [0.1, 0.15) is 5.56 Å². The topological polar surface area (TPSA) is 77.0 Å². The number of nitroso groups, excluding NO2 is 1. The molecule has 0 spiro atoms. The van der Waals surface area contributed by atoms with E-state index in [1.807, 2.05) is 0 Å². The molecule has 0 aliphatic rings. The molecule has 1 aromatic carbocycles. The largest absolute Gasteiger partial charge is 0.192 e. The fourth-order valence-corrected chi connectivity index (χ4v) is 0.888. The first-order valence-corrected chi connectivity index (χ1v) is 3.75.